The van der Waals surface area contributed by atoms with E-state index in [1.165, 1.54) is 12.5 Å². The number of aromatic hydroxyl groups is 1. The highest BCUT2D eigenvalue weighted by Crippen LogP contribution is 2.28. The summed E-state index contributed by atoms with van der Waals surface area (Å²) < 4.78 is 5.49. The van der Waals surface area contributed by atoms with Gasteiger partial charge in [0, 0.05) is 6.08 Å². The van der Waals surface area contributed by atoms with Gasteiger partial charge < -0.3 is 9.84 Å². The molecule has 1 aromatic carbocycles. The van der Waals surface area contributed by atoms with Gasteiger partial charge in [0.25, 0.3) is 0 Å². The molecule has 1 aromatic rings. The van der Waals surface area contributed by atoms with Crippen molar-refractivity contribution < 1.29 is 14.6 Å². The average Bonchev–Trinajstić information content (AvgIpc) is 2.45. The molecule has 0 aromatic heterocycles. The molecule has 2 rings (SSSR count). The van der Waals surface area contributed by atoms with Crippen LogP contribution in [0.25, 0.3) is 6.08 Å². The first-order valence-electron chi connectivity index (χ1n) is 7.35. The van der Waals surface area contributed by atoms with E-state index in [0.717, 1.165) is 31.2 Å². The highest BCUT2D eigenvalue weighted by atomic mass is 16.5. The molecule has 2 unspecified atom stereocenters. The van der Waals surface area contributed by atoms with Crippen LogP contribution in [0.3, 0.4) is 0 Å². The molecule has 0 aliphatic heterocycles. The smallest absolute Gasteiger partial charge is 0.331 e. The molecule has 1 aliphatic rings. The Kier molecular flexibility index (Phi) is 5.22. The number of ether oxygens (including phenoxy) is 1. The van der Waals surface area contributed by atoms with E-state index in [0.29, 0.717) is 5.92 Å². The number of hydrogen-bond donors (Lipinski definition) is 1. The molecule has 20 heavy (non-hydrogen) atoms. The number of rotatable bonds is 4. The largest absolute Gasteiger partial charge is 0.508 e. The summed E-state index contributed by atoms with van der Waals surface area (Å²) in [6.45, 7) is 2.19. The molecular weight excluding hydrogens is 252 g/mol. The van der Waals surface area contributed by atoms with Crippen LogP contribution in [0, 0.1) is 5.92 Å². The zero-order valence-corrected chi connectivity index (χ0v) is 11.9. The number of phenolic OH excluding ortho intramolecular Hbond substituents is 1. The van der Waals surface area contributed by atoms with Crippen LogP contribution in [-0.4, -0.2) is 17.2 Å². The molecule has 1 fully saturated rings. The lowest BCUT2D eigenvalue weighted by atomic mass is 9.85. The number of carbonyl (C=O) groups excluding carboxylic acids is 1. The predicted octanol–water partition coefficient (Wildman–Crippen LogP) is 3.92. The zero-order chi connectivity index (χ0) is 14.4. The number of benzene rings is 1. The fourth-order valence-corrected chi connectivity index (χ4v) is 2.72. The standard InChI is InChI=1S/C17H22O3/c1-2-13-5-4-8-16(12-13)20-17(19)10-9-14-6-3-7-15(18)11-14/h3,6-7,9-11,13,16,18H,2,4-5,8,12H2,1H3/b10-9+. The fourth-order valence-electron chi connectivity index (χ4n) is 2.72. The Hall–Kier alpha value is -1.77. The number of hydrogen-bond acceptors (Lipinski definition) is 3. The maximum atomic E-state index is 11.8. The second-order valence-electron chi connectivity index (χ2n) is 5.43. The van der Waals surface area contributed by atoms with Crippen LogP contribution in [0.15, 0.2) is 30.3 Å². The topological polar surface area (TPSA) is 46.5 Å². The molecular formula is C17H22O3. The second kappa shape index (κ2) is 7.13. The monoisotopic (exact) mass is 274 g/mol. The van der Waals surface area contributed by atoms with Gasteiger partial charge in [-0.15, -0.1) is 0 Å². The van der Waals surface area contributed by atoms with Crippen LogP contribution < -0.4 is 0 Å². The number of esters is 1. The van der Waals surface area contributed by atoms with Crippen LogP contribution in [0.1, 0.15) is 44.6 Å². The third-order valence-corrected chi connectivity index (χ3v) is 3.88. The minimum atomic E-state index is -0.296. The lowest BCUT2D eigenvalue weighted by molar-refractivity contribution is -0.145. The maximum Gasteiger partial charge on any atom is 0.331 e. The van der Waals surface area contributed by atoms with Crippen molar-refractivity contribution in [1.29, 1.82) is 0 Å². The maximum absolute atomic E-state index is 11.8. The second-order valence-corrected chi connectivity index (χ2v) is 5.43. The Balaban J connectivity index is 1.86. The molecule has 1 aliphatic carbocycles. The van der Waals surface area contributed by atoms with Gasteiger partial charge in [0.2, 0.25) is 0 Å². The minimum absolute atomic E-state index is 0.0648. The Morgan fingerprint density at radius 3 is 3.05 bits per heavy atom. The van der Waals surface area contributed by atoms with Gasteiger partial charge in [-0.1, -0.05) is 31.9 Å². The predicted molar refractivity (Wildman–Crippen MR) is 79.3 cm³/mol. The molecule has 1 N–H and O–H groups in total. The summed E-state index contributed by atoms with van der Waals surface area (Å²) in [5, 5.41) is 9.35. The van der Waals surface area contributed by atoms with Gasteiger partial charge in [-0.2, -0.15) is 0 Å². The molecule has 0 bridgehead atoms. The van der Waals surface area contributed by atoms with E-state index in [9.17, 15) is 9.90 Å². The summed E-state index contributed by atoms with van der Waals surface area (Å²) in [4.78, 5) is 11.8. The van der Waals surface area contributed by atoms with Crippen molar-refractivity contribution in [3.05, 3.63) is 35.9 Å². The molecule has 0 saturated heterocycles. The SMILES string of the molecule is CCC1CCCC(OC(=O)/C=C/c2cccc(O)c2)C1. The Morgan fingerprint density at radius 2 is 2.30 bits per heavy atom. The first-order valence-corrected chi connectivity index (χ1v) is 7.35. The number of phenols is 1. The first kappa shape index (κ1) is 14.6. The van der Waals surface area contributed by atoms with Crippen LogP contribution in [0.5, 0.6) is 5.75 Å². The zero-order valence-electron chi connectivity index (χ0n) is 11.9. The van der Waals surface area contributed by atoms with Crippen molar-refractivity contribution in [1.82, 2.24) is 0 Å². The molecule has 3 heteroatoms. The molecule has 0 heterocycles. The van der Waals surface area contributed by atoms with Crippen LogP contribution in [-0.2, 0) is 9.53 Å². The van der Waals surface area contributed by atoms with Crippen LogP contribution in [0.2, 0.25) is 0 Å². The Labute approximate surface area is 120 Å². The Morgan fingerprint density at radius 1 is 1.45 bits per heavy atom. The van der Waals surface area contributed by atoms with Crippen molar-refractivity contribution >= 4 is 12.0 Å². The summed E-state index contributed by atoms with van der Waals surface area (Å²) in [5.74, 6) is 0.588. The average molecular weight is 274 g/mol. The van der Waals surface area contributed by atoms with E-state index in [2.05, 4.69) is 6.92 Å². The Bertz CT molecular complexity index is 479. The summed E-state index contributed by atoms with van der Waals surface area (Å²) >= 11 is 0. The first-order chi connectivity index (χ1) is 9.67. The van der Waals surface area contributed by atoms with Crippen molar-refractivity contribution in [3.8, 4) is 5.75 Å². The summed E-state index contributed by atoms with van der Waals surface area (Å²) in [6, 6.07) is 6.78. The highest BCUT2D eigenvalue weighted by Gasteiger charge is 2.22. The van der Waals surface area contributed by atoms with Gasteiger partial charge in [0.1, 0.15) is 11.9 Å². The van der Waals surface area contributed by atoms with E-state index in [4.69, 9.17) is 4.74 Å². The highest BCUT2D eigenvalue weighted by molar-refractivity contribution is 5.87. The van der Waals surface area contributed by atoms with Crippen molar-refractivity contribution in [2.45, 2.75) is 45.1 Å². The summed E-state index contributed by atoms with van der Waals surface area (Å²) in [5.41, 5.74) is 0.789. The third-order valence-electron chi connectivity index (χ3n) is 3.88. The van der Waals surface area contributed by atoms with Gasteiger partial charge in [0.05, 0.1) is 0 Å². The lowest BCUT2D eigenvalue weighted by Crippen LogP contribution is -2.24. The van der Waals surface area contributed by atoms with Crippen molar-refractivity contribution in [3.63, 3.8) is 0 Å². The van der Waals surface area contributed by atoms with E-state index in [-0.39, 0.29) is 17.8 Å². The van der Waals surface area contributed by atoms with Crippen LogP contribution >= 0.6 is 0 Å². The lowest BCUT2D eigenvalue weighted by Gasteiger charge is -2.27. The molecule has 0 amide bonds. The summed E-state index contributed by atoms with van der Waals surface area (Å²) in [7, 11) is 0. The van der Waals surface area contributed by atoms with E-state index in [1.807, 2.05) is 6.07 Å². The van der Waals surface area contributed by atoms with E-state index < -0.39 is 0 Å². The van der Waals surface area contributed by atoms with E-state index in [1.54, 1.807) is 24.3 Å². The van der Waals surface area contributed by atoms with Gasteiger partial charge in [-0.05, 0) is 49.0 Å². The van der Waals surface area contributed by atoms with Crippen molar-refractivity contribution in [2.75, 3.05) is 0 Å². The fraction of sp³-hybridized carbons (Fsp3) is 0.471. The molecule has 1 saturated carbocycles. The number of carbonyl (C=O) groups is 1. The minimum Gasteiger partial charge on any atom is -0.508 e. The molecule has 3 nitrogen and oxygen atoms in total. The molecule has 108 valence electrons. The third kappa shape index (κ3) is 4.41. The van der Waals surface area contributed by atoms with Gasteiger partial charge in [-0.3, -0.25) is 0 Å². The van der Waals surface area contributed by atoms with Gasteiger partial charge in [-0.25, -0.2) is 4.79 Å². The molecule has 2 atom stereocenters. The van der Waals surface area contributed by atoms with Crippen molar-refractivity contribution in [2.24, 2.45) is 5.92 Å². The van der Waals surface area contributed by atoms with Gasteiger partial charge >= 0.3 is 5.97 Å². The van der Waals surface area contributed by atoms with Gasteiger partial charge in [0.15, 0.2) is 0 Å². The van der Waals surface area contributed by atoms with Crippen LogP contribution in [0.4, 0.5) is 0 Å². The normalized spacial score (nSPS) is 22.9. The van der Waals surface area contributed by atoms with E-state index >= 15 is 0 Å². The molecule has 0 radical (unpaired) electrons. The summed E-state index contributed by atoms with van der Waals surface area (Å²) in [6.07, 6.45) is 8.69. The molecule has 0 spiro atoms. The quantitative estimate of drug-likeness (QED) is 0.668.